The van der Waals surface area contributed by atoms with E-state index in [9.17, 15) is 0 Å². The van der Waals surface area contributed by atoms with Crippen molar-refractivity contribution in [1.29, 1.82) is 0 Å². The third-order valence-corrected chi connectivity index (χ3v) is 3.23. The van der Waals surface area contributed by atoms with E-state index in [0.29, 0.717) is 0 Å². The van der Waals surface area contributed by atoms with Crippen LogP contribution in [0.5, 0.6) is 0 Å². The Morgan fingerprint density at radius 3 is 2.67 bits per heavy atom. The van der Waals surface area contributed by atoms with Gasteiger partial charge in [-0.1, -0.05) is 41.9 Å². The van der Waals surface area contributed by atoms with Gasteiger partial charge in [0.05, 0.1) is 0 Å². The minimum Gasteiger partial charge on any atom is -0.316 e. The first-order valence-corrected chi connectivity index (χ1v) is 6.34. The van der Waals surface area contributed by atoms with Crippen molar-refractivity contribution in [3.63, 3.8) is 0 Å². The van der Waals surface area contributed by atoms with Gasteiger partial charge in [0.1, 0.15) is 0 Å². The number of nitrogens with one attached hydrogen (secondary N) is 1. The van der Waals surface area contributed by atoms with E-state index in [2.05, 4.69) is 60.2 Å². The van der Waals surface area contributed by atoms with Crippen LogP contribution in [0.1, 0.15) is 25.0 Å². The zero-order valence-electron chi connectivity index (χ0n) is 9.81. The highest BCUT2D eigenvalue weighted by Gasteiger charge is 1.98. The van der Waals surface area contributed by atoms with Crippen molar-refractivity contribution in [2.45, 2.75) is 27.2 Å². The molecule has 0 amide bonds. The molecule has 0 fully saturated rings. The SMILES string of the molecule is Cc1ccc(CCNCC(C)C)cc1Br. The molecule has 0 aliphatic rings. The summed E-state index contributed by atoms with van der Waals surface area (Å²) in [4.78, 5) is 0. The summed E-state index contributed by atoms with van der Waals surface area (Å²) in [6.45, 7) is 8.75. The Morgan fingerprint density at radius 2 is 2.07 bits per heavy atom. The number of hydrogen-bond donors (Lipinski definition) is 1. The van der Waals surface area contributed by atoms with Gasteiger partial charge in [-0.15, -0.1) is 0 Å². The van der Waals surface area contributed by atoms with Gasteiger partial charge >= 0.3 is 0 Å². The molecule has 0 heterocycles. The van der Waals surface area contributed by atoms with Crippen molar-refractivity contribution in [2.24, 2.45) is 5.92 Å². The summed E-state index contributed by atoms with van der Waals surface area (Å²) >= 11 is 3.56. The lowest BCUT2D eigenvalue weighted by atomic mass is 10.1. The number of benzene rings is 1. The second-order valence-electron chi connectivity index (χ2n) is 4.43. The number of aryl methyl sites for hydroxylation is 1. The first-order valence-electron chi connectivity index (χ1n) is 5.55. The molecule has 15 heavy (non-hydrogen) atoms. The maximum atomic E-state index is 3.56. The highest BCUT2D eigenvalue weighted by molar-refractivity contribution is 9.10. The summed E-state index contributed by atoms with van der Waals surface area (Å²) in [6.07, 6.45) is 1.10. The molecule has 0 bridgehead atoms. The summed E-state index contributed by atoms with van der Waals surface area (Å²) in [7, 11) is 0. The molecule has 0 aliphatic heterocycles. The van der Waals surface area contributed by atoms with Crippen LogP contribution in [0.3, 0.4) is 0 Å². The Hall–Kier alpha value is -0.340. The highest BCUT2D eigenvalue weighted by atomic mass is 79.9. The topological polar surface area (TPSA) is 12.0 Å². The number of halogens is 1. The van der Waals surface area contributed by atoms with Gasteiger partial charge in [-0.05, 0) is 49.5 Å². The molecule has 1 aromatic carbocycles. The van der Waals surface area contributed by atoms with Gasteiger partial charge in [-0.3, -0.25) is 0 Å². The molecule has 1 nitrogen and oxygen atoms in total. The van der Waals surface area contributed by atoms with Gasteiger partial charge in [0, 0.05) is 4.47 Å². The molecule has 0 unspecified atom stereocenters. The average Bonchev–Trinajstić information content (AvgIpc) is 2.18. The molecule has 0 aromatic heterocycles. The Labute approximate surface area is 101 Å². The summed E-state index contributed by atoms with van der Waals surface area (Å²) in [5, 5.41) is 3.45. The van der Waals surface area contributed by atoms with Crippen molar-refractivity contribution in [1.82, 2.24) is 5.32 Å². The lowest BCUT2D eigenvalue weighted by molar-refractivity contribution is 0.554. The monoisotopic (exact) mass is 269 g/mol. The van der Waals surface area contributed by atoms with Gasteiger partial charge in [0.25, 0.3) is 0 Å². The van der Waals surface area contributed by atoms with Crippen LogP contribution in [0.25, 0.3) is 0 Å². The molecule has 84 valence electrons. The predicted molar refractivity (Wildman–Crippen MR) is 70.3 cm³/mol. The van der Waals surface area contributed by atoms with E-state index in [-0.39, 0.29) is 0 Å². The third kappa shape index (κ3) is 4.80. The smallest absolute Gasteiger partial charge is 0.0207 e. The fraction of sp³-hybridized carbons (Fsp3) is 0.538. The van der Waals surface area contributed by atoms with Crippen molar-refractivity contribution in [3.05, 3.63) is 33.8 Å². The average molecular weight is 270 g/mol. The lowest BCUT2D eigenvalue weighted by Gasteiger charge is -2.08. The quantitative estimate of drug-likeness (QED) is 0.807. The Balaban J connectivity index is 2.35. The minimum absolute atomic E-state index is 0.731. The predicted octanol–water partition coefficient (Wildman–Crippen LogP) is 3.55. The van der Waals surface area contributed by atoms with E-state index in [1.165, 1.54) is 15.6 Å². The van der Waals surface area contributed by atoms with Gasteiger partial charge in [0.15, 0.2) is 0 Å². The van der Waals surface area contributed by atoms with Crippen molar-refractivity contribution < 1.29 is 0 Å². The molecule has 1 aromatic rings. The maximum Gasteiger partial charge on any atom is 0.0207 e. The lowest BCUT2D eigenvalue weighted by Crippen LogP contribution is -2.22. The molecular weight excluding hydrogens is 250 g/mol. The molecule has 0 saturated carbocycles. The highest BCUT2D eigenvalue weighted by Crippen LogP contribution is 2.17. The van der Waals surface area contributed by atoms with Crippen LogP contribution in [-0.4, -0.2) is 13.1 Å². The van der Waals surface area contributed by atoms with E-state index in [1.54, 1.807) is 0 Å². The molecular formula is C13H20BrN. The van der Waals surface area contributed by atoms with Crippen LogP contribution in [0, 0.1) is 12.8 Å². The number of hydrogen-bond acceptors (Lipinski definition) is 1. The van der Waals surface area contributed by atoms with Gasteiger partial charge < -0.3 is 5.32 Å². The van der Waals surface area contributed by atoms with E-state index >= 15 is 0 Å². The van der Waals surface area contributed by atoms with Gasteiger partial charge in [-0.25, -0.2) is 0 Å². The van der Waals surface area contributed by atoms with Crippen LogP contribution in [0.15, 0.2) is 22.7 Å². The maximum absolute atomic E-state index is 3.56. The van der Waals surface area contributed by atoms with Crippen molar-refractivity contribution in [3.8, 4) is 0 Å². The first kappa shape index (κ1) is 12.7. The zero-order chi connectivity index (χ0) is 11.3. The third-order valence-electron chi connectivity index (χ3n) is 2.38. The van der Waals surface area contributed by atoms with Crippen molar-refractivity contribution in [2.75, 3.05) is 13.1 Å². The second-order valence-corrected chi connectivity index (χ2v) is 5.29. The Morgan fingerprint density at radius 1 is 1.33 bits per heavy atom. The molecule has 2 heteroatoms. The van der Waals surface area contributed by atoms with E-state index in [4.69, 9.17) is 0 Å². The van der Waals surface area contributed by atoms with Crippen LogP contribution in [-0.2, 0) is 6.42 Å². The van der Waals surface area contributed by atoms with Gasteiger partial charge in [0.2, 0.25) is 0 Å². The van der Waals surface area contributed by atoms with Crippen molar-refractivity contribution >= 4 is 15.9 Å². The summed E-state index contributed by atoms with van der Waals surface area (Å²) < 4.78 is 1.21. The molecule has 0 saturated heterocycles. The largest absolute Gasteiger partial charge is 0.316 e. The van der Waals surface area contributed by atoms with E-state index < -0.39 is 0 Å². The molecule has 1 rings (SSSR count). The van der Waals surface area contributed by atoms with Crippen LogP contribution < -0.4 is 5.32 Å². The summed E-state index contributed by atoms with van der Waals surface area (Å²) in [5.74, 6) is 0.731. The molecule has 0 atom stereocenters. The Bertz CT molecular complexity index is 307. The zero-order valence-corrected chi connectivity index (χ0v) is 11.4. The Kier molecular flexibility index (Phi) is 5.34. The standard InChI is InChI=1S/C13H20BrN/c1-10(2)9-15-7-6-12-5-4-11(3)13(14)8-12/h4-5,8,10,15H,6-7,9H2,1-3H3. The van der Waals surface area contributed by atoms with Crippen LogP contribution >= 0.6 is 15.9 Å². The number of rotatable bonds is 5. The summed E-state index contributed by atoms with van der Waals surface area (Å²) in [5.41, 5.74) is 2.69. The second kappa shape index (κ2) is 6.29. The van der Waals surface area contributed by atoms with E-state index in [1.807, 2.05) is 0 Å². The van der Waals surface area contributed by atoms with Crippen LogP contribution in [0.2, 0.25) is 0 Å². The first-order chi connectivity index (χ1) is 7.09. The van der Waals surface area contributed by atoms with E-state index in [0.717, 1.165) is 25.4 Å². The fourth-order valence-electron chi connectivity index (χ4n) is 1.42. The molecule has 0 spiro atoms. The van der Waals surface area contributed by atoms with Crippen LogP contribution in [0.4, 0.5) is 0 Å². The molecule has 1 N–H and O–H groups in total. The van der Waals surface area contributed by atoms with Gasteiger partial charge in [-0.2, -0.15) is 0 Å². The normalized spacial score (nSPS) is 11.0. The molecule has 0 radical (unpaired) electrons. The minimum atomic E-state index is 0.731. The molecule has 0 aliphatic carbocycles. The summed E-state index contributed by atoms with van der Waals surface area (Å²) in [6, 6.07) is 6.59. The fourth-order valence-corrected chi connectivity index (χ4v) is 1.84.